The lowest BCUT2D eigenvalue weighted by atomic mass is 10.1. The molecule has 9 heteroatoms. The van der Waals surface area contributed by atoms with Gasteiger partial charge in [0.05, 0.1) is 21.3 Å². The van der Waals surface area contributed by atoms with Crippen molar-refractivity contribution in [2.45, 2.75) is 6.92 Å². The first-order valence-corrected chi connectivity index (χ1v) is 10.6. The second kappa shape index (κ2) is 7.58. The number of aromatic nitrogens is 3. The fourth-order valence-corrected chi connectivity index (χ4v) is 4.53. The molecule has 1 amide bonds. The molecule has 0 spiro atoms. The summed E-state index contributed by atoms with van der Waals surface area (Å²) in [6.45, 7) is 5.95. The van der Waals surface area contributed by atoms with Crippen molar-refractivity contribution in [3.8, 4) is 10.8 Å². The van der Waals surface area contributed by atoms with Crippen LogP contribution in [0.2, 0.25) is 0 Å². The van der Waals surface area contributed by atoms with Crippen molar-refractivity contribution in [1.29, 1.82) is 0 Å². The number of oxazole rings is 1. The number of hydrogen-bond donors (Lipinski definition) is 2. The van der Waals surface area contributed by atoms with Crippen LogP contribution in [0, 0.1) is 6.92 Å². The largest absolute Gasteiger partial charge is 0.441 e. The summed E-state index contributed by atoms with van der Waals surface area (Å²) in [4.78, 5) is 22.6. The van der Waals surface area contributed by atoms with Gasteiger partial charge in [0.1, 0.15) is 5.76 Å². The Morgan fingerprint density at radius 3 is 2.67 bits per heavy atom. The number of aryl methyl sites for hydroxylation is 1. The van der Waals surface area contributed by atoms with Gasteiger partial charge in [-0.2, -0.15) is 5.10 Å². The quantitative estimate of drug-likeness (QED) is 0.522. The summed E-state index contributed by atoms with van der Waals surface area (Å²) in [6, 6.07) is 9.67. The summed E-state index contributed by atoms with van der Waals surface area (Å²) in [6.07, 6.45) is 1.69. The average Bonchev–Trinajstić information content (AvgIpc) is 3.46. The fourth-order valence-electron chi connectivity index (χ4n) is 3.54. The van der Waals surface area contributed by atoms with Gasteiger partial charge < -0.3 is 19.5 Å². The van der Waals surface area contributed by atoms with Gasteiger partial charge in [0, 0.05) is 37.4 Å². The van der Waals surface area contributed by atoms with Gasteiger partial charge in [-0.25, -0.2) is 4.98 Å². The minimum Gasteiger partial charge on any atom is -0.441 e. The molecule has 1 saturated heterocycles. The molecule has 1 aliphatic rings. The second-order valence-electron chi connectivity index (χ2n) is 7.49. The number of benzene rings is 1. The van der Waals surface area contributed by atoms with Crippen LogP contribution in [0.15, 0.2) is 40.9 Å². The highest BCUT2D eigenvalue weighted by atomic mass is 32.1. The molecule has 4 aromatic rings. The number of fused-ring (bicyclic) bond motifs is 1. The van der Waals surface area contributed by atoms with Gasteiger partial charge in [-0.3, -0.25) is 9.89 Å². The van der Waals surface area contributed by atoms with E-state index in [0.717, 1.165) is 52.7 Å². The van der Waals surface area contributed by atoms with E-state index in [1.54, 1.807) is 6.20 Å². The first-order valence-electron chi connectivity index (χ1n) is 9.82. The number of piperazine rings is 1. The van der Waals surface area contributed by atoms with E-state index in [4.69, 9.17) is 4.42 Å². The Morgan fingerprint density at radius 2 is 1.97 bits per heavy atom. The number of carbonyl (C=O) groups is 1. The standard InChI is InChI=1S/C21H22N6O2S/c1-13-12-22-21(29-13)17-11-16-18(30-17)19(25-24-16)23-20(28)14-3-5-15(6-4-14)27-9-7-26(2)8-10-27/h3-6,11-12H,7-10H2,1-2H3,(H2,23,24,25,28). The summed E-state index contributed by atoms with van der Waals surface area (Å²) < 4.78 is 6.46. The topological polar surface area (TPSA) is 90.3 Å². The van der Waals surface area contributed by atoms with Gasteiger partial charge in [0.25, 0.3) is 5.91 Å². The van der Waals surface area contributed by atoms with Crippen molar-refractivity contribution in [3.05, 3.63) is 47.9 Å². The third-order valence-corrected chi connectivity index (χ3v) is 6.43. The molecule has 1 aliphatic heterocycles. The summed E-state index contributed by atoms with van der Waals surface area (Å²) in [5, 5.41) is 10.1. The monoisotopic (exact) mass is 422 g/mol. The van der Waals surface area contributed by atoms with E-state index in [9.17, 15) is 4.79 Å². The number of amides is 1. The van der Waals surface area contributed by atoms with E-state index in [2.05, 4.69) is 37.3 Å². The minimum absolute atomic E-state index is 0.185. The van der Waals surface area contributed by atoms with Gasteiger partial charge >= 0.3 is 0 Å². The van der Waals surface area contributed by atoms with Gasteiger partial charge in [-0.1, -0.05) is 0 Å². The van der Waals surface area contributed by atoms with Gasteiger partial charge in [0.15, 0.2) is 5.82 Å². The Kier molecular flexibility index (Phi) is 4.76. The molecule has 0 saturated carbocycles. The predicted octanol–water partition coefficient (Wildman–Crippen LogP) is 3.59. The second-order valence-corrected chi connectivity index (χ2v) is 8.55. The molecule has 1 aromatic carbocycles. The molecule has 5 rings (SSSR count). The molecule has 0 unspecified atom stereocenters. The number of carbonyl (C=O) groups excluding carboxylic acids is 1. The number of anilines is 2. The van der Waals surface area contributed by atoms with E-state index in [1.165, 1.54) is 11.3 Å². The van der Waals surface area contributed by atoms with E-state index in [1.807, 2.05) is 37.3 Å². The molecule has 0 radical (unpaired) electrons. The van der Waals surface area contributed by atoms with Crippen LogP contribution in [0.3, 0.4) is 0 Å². The van der Waals surface area contributed by atoms with Crippen LogP contribution in [0.5, 0.6) is 0 Å². The Labute approximate surface area is 177 Å². The van der Waals surface area contributed by atoms with Crippen LogP contribution in [0.4, 0.5) is 11.5 Å². The maximum atomic E-state index is 12.8. The molecule has 30 heavy (non-hydrogen) atoms. The molecule has 8 nitrogen and oxygen atoms in total. The van der Waals surface area contributed by atoms with Crippen molar-refractivity contribution >= 4 is 39.0 Å². The van der Waals surface area contributed by atoms with Crippen LogP contribution in [0.1, 0.15) is 16.1 Å². The molecule has 0 bridgehead atoms. The van der Waals surface area contributed by atoms with Crippen molar-refractivity contribution in [2.24, 2.45) is 0 Å². The number of nitrogens with one attached hydrogen (secondary N) is 2. The third kappa shape index (κ3) is 3.57. The summed E-state index contributed by atoms with van der Waals surface area (Å²) in [5.74, 6) is 1.65. The number of likely N-dealkylation sites (N-methyl/N-ethyl adjacent to an activating group) is 1. The van der Waals surface area contributed by atoms with E-state index < -0.39 is 0 Å². The third-order valence-electron chi connectivity index (χ3n) is 5.30. The molecule has 0 atom stereocenters. The normalized spacial score (nSPS) is 15.1. The Bertz CT molecular complexity index is 1180. The van der Waals surface area contributed by atoms with Crippen molar-refractivity contribution in [1.82, 2.24) is 20.1 Å². The van der Waals surface area contributed by atoms with Crippen LogP contribution in [-0.4, -0.2) is 59.2 Å². The van der Waals surface area contributed by atoms with Gasteiger partial charge in [0.2, 0.25) is 5.89 Å². The van der Waals surface area contributed by atoms with Crippen molar-refractivity contribution in [2.75, 3.05) is 43.4 Å². The Hall–Kier alpha value is -3.17. The van der Waals surface area contributed by atoms with Crippen molar-refractivity contribution < 1.29 is 9.21 Å². The maximum absolute atomic E-state index is 12.8. The molecular formula is C21H22N6O2S. The summed E-state index contributed by atoms with van der Waals surface area (Å²) >= 11 is 1.48. The highest BCUT2D eigenvalue weighted by molar-refractivity contribution is 7.22. The SMILES string of the molecule is Cc1cnc(-c2cc3[nH]nc(NC(=O)c4ccc(N5CCN(C)CC5)cc4)c3s2)o1. The van der Waals surface area contributed by atoms with Gasteiger partial charge in [-0.05, 0) is 44.3 Å². The zero-order valence-corrected chi connectivity index (χ0v) is 17.6. The molecule has 4 heterocycles. The van der Waals surface area contributed by atoms with E-state index in [-0.39, 0.29) is 5.91 Å². The lowest BCUT2D eigenvalue weighted by molar-refractivity contribution is 0.102. The van der Waals surface area contributed by atoms with Crippen LogP contribution in [0.25, 0.3) is 21.0 Å². The molecule has 2 N–H and O–H groups in total. The molecule has 3 aromatic heterocycles. The molecule has 154 valence electrons. The van der Waals surface area contributed by atoms with E-state index >= 15 is 0 Å². The van der Waals surface area contributed by atoms with Crippen LogP contribution in [-0.2, 0) is 0 Å². The molecule has 1 fully saturated rings. The smallest absolute Gasteiger partial charge is 0.256 e. The first kappa shape index (κ1) is 18.8. The highest BCUT2D eigenvalue weighted by Gasteiger charge is 2.18. The number of thiophene rings is 1. The zero-order valence-electron chi connectivity index (χ0n) is 16.8. The predicted molar refractivity (Wildman–Crippen MR) is 118 cm³/mol. The number of nitrogens with zero attached hydrogens (tertiary/aromatic N) is 4. The number of rotatable bonds is 4. The number of aromatic amines is 1. The zero-order chi connectivity index (χ0) is 20.7. The first-order chi connectivity index (χ1) is 14.6. The fraction of sp³-hybridized carbons (Fsp3) is 0.286. The Balaban J connectivity index is 1.31. The molecule has 0 aliphatic carbocycles. The summed E-state index contributed by atoms with van der Waals surface area (Å²) in [5.41, 5.74) is 2.58. The van der Waals surface area contributed by atoms with Crippen LogP contribution < -0.4 is 10.2 Å². The number of H-pyrrole nitrogens is 1. The Morgan fingerprint density at radius 1 is 1.20 bits per heavy atom. The molecular weight excluding hydrogens is 400 g/mol. The highest BCUT2D eigenvalue weighted by Crippen LogP contribution is 2.36. The van der Waals surface area contributed by atoms with E-state index in [0.29, 0.717) is 17.3 Å². The average molecular weight is 423 g/mol. The summed E-state index contributed by atoms with van der Waals surface area (Å²) in [7, 11) is 2.14. The van der Waals surface area contributed by atoms with Crippen LogP contribution >= 0.6 is 11.3 Å². The van der Waals surface area contributed by atoms with Crippen molar-refractivity contribution in [3.63, 3.8) is 0 Å². The lowest BCUT2D eigenvalue weighted by Crippen LogP contribution is -2.44. The number of hydrogen-bond acceptors (Lipinski definition) is 7. The minimum atomic E-state index is -0.185. The maximum Gasteiger partial charge on any atom is 0.256 e. The van der Waals surface area contributed by atoms with Gasteiger partial charge in [-0.15, -0.1) is 11.3 Å². The lowest BCUT2D eigenvalue weighted by Gasteiger charge is -2.34.